The molecule has 0 aliphatic carbocycles. The molecule has 0 fully saturated rings. The molecule has 0 unspecified atom stereocenters. The summed E-state index contributed by atoms with van der Waals surface area (Å²) in [6, 6.07) is 14.0. The van der Waals surface area contributed by atoms with Crippen molar-refractivity contribution in [1.29, 1.82) is 0 Å². The Morgan fingerprint density at radius 2 is 1.91 bits per heavy atom. The highest BCUT2D eigenvalue weighted by Gasteiger charge is 2.15. The van der Waals surface area contributed by atoms with Crippen LogP contribution in [0, 0.1) is 0 Å². The van der Waals surface area contributed by atoms with Crippen molar-refractivity contribution in [3.05, 3.63) is 76.4 Å². The molecule has 1 amide bonds. The van der Waals surface area contributed by atoms with E-state index in [1.54, 1.807) is 47.7 Å². The van der Waals surface area contributed by atoms with Crippen molar-refractivity contribution in [2.45, 2.75) is 6.42 Å². The number of carbonyl (C=O) groups is 2. The summed E-state index contributed by atoms with van der Waals surface area (Å²) in [7, 11) is 0. The predicted molar refractivity (Wildman–Crippen MR) is 85.5 cm³/mol. The Labute approximate surface area is 131 Å². The van der Waals surface area contributed by atoms with Gasteiger partial charge in [0, 0.05) is 16.9 Å². The second kappa shape index (κ2) is 6.41. The second-order valence-electron chi connectivity index (χ2n) is 4.66. The summed E-state index contributed by atoms with van der Waals surface area (Å²) in [5.41, 5.74) is 0.987. The van der Waals surface area contributed by atoms with Crippen molar-refractivity contribution >= 4 is 28.7 Å². The molecule has 0 aliphatic heterocycles. The molecule has 0 saturated heterocycles. The number of amides is 1. The number of carbonyl (C=O) groups excluding carboxylic acids is 2. The van der Waals surface area contributed by atoms with Gasteiger partial charge in [-0.25, -0.2) is 0 Å². The highest BCUT2D eigenvalue weighted by Crippen LogP contribution is 2.20. The predicted octanol–water partition coefficient (Wildman–Crippen LogP) is 4.02. The Kier molecular flexibility index (Phi) is 4.16. The van der Waals surface area contributed by atoms with Gasteiger partial charge in [-0.2, -0.15) is 0 Å². The van der Waals surface area contributed by atoms with E-state index in [0.29, 0.717) is 17.7 Å². The first kappa shape index (κ1) is 14.3. The van der Waals surface area contributed by atoms with Gasteiger partial charge in [0.15, 0.2) is 11.5 Å². The van der Waals surface area contributed by atoms with Gasteiger partial charge in [0.1, 0.15) is 0 Å². The summed E-state index contributed by atoms with van der Waals surface area (Å²) >= 11 is 1.54. The van der Waals surface area contributed by atoms with Gasteiger partial charge in [0.25, 0.3) is 5.91 Å². The number of thiophene rings is 1. The lowest BCUT2D eigenvalue weighted by Gasteiger charge is -2.09. The van der Waals surface area contributed by atoms with E-state index in [1.807, 2.05) is 17.5 Å². The molecular formula is C17H13NO3S. The van der Waals surface area contributed by atoms with E-state index in [0.717, 1.165) is 4.88 Å². The van der Waals surface area contributed by atoms with Crippen molar-refractivity contribution in [3.63, 3.8) is 0 Å². The highest BCUT2D eigenvalue weighted by molar-refractivity contribution is 7.10. The first-order chi connectivity index (χ1) is 10.7. The summed E-state index contributed by atoms with van der Waals surface area (Å²) in [6.07, 6.45) is 1.76. The number of anilines is 1. The first-order valence-corrected chi connectivity index (χ1v) is 7.61. The molecule has 0 bridgehead atoms. The lowest BCUT2D eigenvalue weighted by atomic mass is 10.1. The van der Waals surface area contributed by atoms with Crippen LogP contribution in [0.1, 0.15) is 25.8 Å². The minimum absolute atomic E-state index is 0.0298. The number of nitrogens with one attached hydrogen (secondary N) is 1. The lowest BCUT2D eigenvalue weighted by molar-refractivity contribution is 0.0994. The van der Waals surface area contributed by atoms with Gasteiger partial charge < -0.3 is 9.73 Å². The molecule has 0 spiro atoms. The molecule has 3 aromatic rings. The number of hydrogen-bond acceptors (Lipinski definition) is 4. The number of hydrogen-bond donors (Lipinski definition) is 1. The quantitative estimate of drug-likeness (QED) is 0.724. The standard InChI is InChI=1S/C17H13NO3S/c19-15(11-12-5-4-10-22-12)13-6-1-2-7-14(13)18-17(20)16-8-3-9-21-16/h1-10H,11H2,(H,18,20). The summed E-state index contributed by atoms with van der Waals surface area (Å²) < 4.78 is 5.06. The van der Waals surface area contributed by atoms with Gasteiger partial charge in [-0.05, 0) is 35.7 Å². The van der Waals surface area contributed by atoms with Crippen molar-refractivity contribution in [3.8, 4) is 0 Å². The number of furan rings is 1. The van der Waals surface area contributed by atoms with E-state index in [1.165, 1.54) is 6.26 Å². The molecule has 1 aromatic carbocycles. The van der Waals surface area contributed by atoms with Crippen molar-refractivity contribution < 1.29 is 14.0 Å². The lowest BCUT2D eigenvalue weighted by Crippen LogP contribution is -2.14. The highest BCUT2D eigenvalue weighted by atomic mass is 32.1. The number of ketones is 1. The smallest absolute Gasteiger partial charge is 0.291 e. The van der Waals surface area contributed by atoms with Gasteiger partial charge in [0.05, 0.1) is 12.0 Å². The van der Waals surface area contributed by atoms with Crippen LogP contribution in [0.25, 0.3) is 0 Å². The van der Waals surface area contributed by atoms with Gasteiger partial charge >= 0.3 is 0 Å². The average molecular weight is 311 g/mol. The maximum Gasteiger partial charge on any atom is 0.291 e. The van der Waals surface area contributed by atoms with Crippen molar-refractivity contribution in [2.24, 2.45) is 0 Å². The van der Waals surface area contributed by atoms with E-state index < -0.39 is 0 Å². The fourth-order valence-corrected chi connectivity index (χ4v) is 2.80. The third-order valence-electron chi connectivity index (χ3n) is 3.14. The molecule has 3 rings (SSSR count). The summed E-state index contributed by atoms with van der Waals surface area (Å²) in [5, 5.41) is 4.66. The number of Topliss-reactive ketones (excluding diaryl/α,β-unsaturated/α-hetero) is 1. The zero-order chi connectivity index (χ0) is 15.4. The molecular weight excluding hydrogens is 298 g/mol. The van der Waals surface area contributed by atoms with Crippen LogP contribution in [0.4, 0.5) is 5.69 Å². The minimum atomic E-state index is -0.374. The fraction of sp³-hybridized carbons (Fsp3) is 0.0588. The minimum Gasteiger partial charge on any atom is -0.459 e. The molecule has 4 nitrogen and oxygen atoms in total. The van der Waals surface area contributed by atoms with Gasteiger partial charge in [-0.1, -0.05) is 18.2 Å². The molecule has 0 aliphatic rings. The Bertz CT molecular complexity index is 776. The maximum absolute atomic E-state index is 12.4. The summed E-state index contributed by atoms with van der Waals surface area (Å²) in [4.78, 5) is 25.5. The van der Waals surface area contributed by atoms with Gasteiger partial charge in [-0.15, -0.1) is 11.3 Å². The van der Waals surface area contributed by atoms with Crippen LogP contribution < -0.4 is 5.32 Å². The normalized spacial score (nSPS) is 10.4. The van der Waals surface area contributed by atoms with Crippen molar-refractivity contribution in [2.75, 3.05) is 5.32 Å². The summed E-state index contributed by atoms with van der Waals surface area (Å²) in [5.74, 6) is -0.195. The number of benzene rings is 1. The molecule has 0 radical (unpaired) electrons. The van der Waals surface area contributed by atoms with Crippen LogP contribution in [-0.4, -0.2) is 11.7 Å². The largest absolute Gasteiger partial charge is 0.459 e. The number of rotatable bonds is 5. The van der Waals surface area contributed by atoms with E-state index >= 15 is 0 Å². The fourth-order valence-electron chi connectivity index (χ4n) is 2.09. The summed E-state index contributed by atoms with van der Waals surface area (Å²) in [6.45, 7) is 0. The van der Waals surface area contributed by atoms with Crippen LogP contribution >= 0.6 is 11.3 Å². The van der Waals surface area contributed by atoms with Gasteiger partial charge in [-0.3, -0.25) is 9.59 Å². The topological polar surface area (TPSA) is 59.3 Å². The Morgan fingerprint density at radius 3 is 2.64 bits per heavy atom. The third kappa shape index (κ3) is 3.15. The third-order valence-corrected chi connectivity index (χ3v) is 4.01. The molecule has 0 saturated carbocycles. The van der Waals surface area contributed by atoms with Crippen LogP contribution in [0.2, 0.25) is 0 Å². The first-order valence-electron chi connectivity index (χ1n) is 6.73. The number of para-hydroxylation sites is 1. The van der Waals surface area contributed by atoms with E-state index in [4.69, 9.17) is 4.42 Å². The Hall–Kier alpha value is -2.66. The monoisotopic (exact) mass is 311 g/mol. The van der Waals surface area contributed by atoms with Crippen molar-refractivity contribution in [1.82, 2.24) is 0 Å². The zero-order valence-corrected chi connectivity index (χ0v) is 12.4. The molecule has 22 heavy (non-hydrogen) atoms. The molecule has 110 valence electrons. The van der Waals surface area contributed by atoms with E-state index in [9.17, 15) is 9.59 Å². The molecule has 2 aromatic heterocycles. The molecule has 0 atom stereocenters. The SMILES string of the molecule is O=C(Nc1ccccc1C(=O)Cc1cccs1)c1ccco1. The molecule has 1 N–H and O–H groups in total. The molecule has 2 heterocycles. The maximum atomic E-state index is 12.4. The van der Waals surface area contributed by atoms with E-state index in [-0.39, 0.29) is 17.5 Å². The van der Waals surface area contributed by atoms with Crippen LogP contribution in [0.5, 0.6) is 0 Å². The van der Waals surface area contributed by atoms with Crippen LogP contribution in [0.3, 0.4) is 0 Å². The van der Waals surface area contributed by atoms with Gasteiger partial charge in [0.2, 0.25) is 0 Å². The second-order valence-corrected chi connectivity index (χ2v) is 5.69. The molecule has 5 heteroatoms. The average Bonchev–Trinajstić information content (AvgIpc) is 3.21. The zero-order valence-electron chi connectivity index (χ0n) is 11.6. The van der Waals surface area contributed by atoms with E-state index in [2.05, 4.69) is 5.32 Å². The Morgan fingerprint density at radius 1 is 1.05 bits per heavy atom. The Balaban J connectivity index is 1.80. The van der Waals surface area contributed by atoms with Crippen LogP contribution in [0.15, 0.2) is 64.6 Å². The van der Waals surface area contributed by atoms with Crippen LogP contribution in [-0.2, 0) is 6.42 Å².